The highest BCUT2D eigenvalue weighted by Crippen LogP contribution is 1.95. The van der Waals surface area contributed by atoms with Crippen LogP contribution in [0.25, 0.3) is 0 Å². The van der Waals surface area contributed by atoms with Crippen molar-refractivity contribution >= 4 is 5.97 Å². The normalized spacial score (nSPS) is 10.6. The summed E-state index contributed by atoms with van der Waals surface area (Å²) in [6.07, 6.45) is 8.54. The van der Waals surface area contributed by atoms with Crippen molar-refractivity contribution in [2.24, 2.45) is 0 Å². The van der Waals surface area contributed by atoms with Gasteiger partial charge in [0.2, 0.25) is 0 Å². The topological polar surface area (TPSA) is 26.3 Å². The summed E-state index contributed by atoms with van der Waals surface area (Å²) in [6.45, 7) is 4.76. The van der Waals surface area contributed by atoms with E-state index in [-0.39, 0.29) is 5.97 Å². The maximum Gasteiger partial charge on any atom is 0.309 e. The Labute approximate surface area is 81.0 Å². The molecule has 0 aliphatic carbocycles. The van der Waals surface area contributed by atoms with Crippen LogP contribution >= 0.6 is 0 Å². The van der Waals surface area contributed by atoms with Gasteiger partial charge in [0, 0.05) is 0 Å². The first-order chi connectivity index (χ1) is 6.31. The molecule has 0 aromatic carbocycles. The molecule has 0 radical (unpaired) electrons. The van der Waals surface area contributed by atoms with Crippen molar-refractivity contribution in [1.29, 1.82) is 0 Å². The lowest BCUT2D eigenvalue weighted by Gasteiger charge is -2.00. The molecule has 0 spiro atoms. The van der Waals surface area contributed by atoms with Gasteiger partial charge in [0.15, 0.2) is 0 Å². The Morgan fingerprint density at radius 3 is 2.62 bits per heavy atom. The Balaban J connectivity index is 3.29. The molecule has 76 valence electrons. The number of carbonyl (C=O) groups excluding carboxylic acids is 1. The molecular weight excluding hydrogens is 164 g/mol. The van der Waals surface area contributed by atoms with Crippen LogP contribution in [0.3, 0.4) is 0 Å². The van der Waals surface area contributed by atoms with Crippen LogP contribution in [0.15, 0.2) is 12.2 Å². The average Bonchev–Trinajstić information content (AvgIpc) is 2.13. The van der Waals surface area contributed by atoms with Crippen LogP contribution in [-0.2, 0) is 9.53 Å². The quantitative estimate of drug-likeness (QED) is 0.345. The van der Waals surface area contributed by atoms with Crippen molar-refractivity contribution in [2.45, 2.75) is 46.0 Å². The van der Waals surface area contributed by atoms with E-state index in [9.17, 15) is 4.79 Å². The molecule has 0 aromatic rings. The number of rotatable bonds is 7. The number of hydrogen-bond donors (Lipinski definition) is 0. The first-order valence-corrected chi connectivity index (χ1v) is 5.11. The lowest BCUT2D eigenvalue weighted by molar-refractivity contribution is -0.142. The molecule has 0 unspecified atom stereocenters. The molecule has 13 heavy (non-hydrogen) atoms. The molecule has 0 aliphatic heterocycles. The molecule has 0 aliphatic rings. The zero-order valence-corrected chi connectivity index (χ0v) is 8.71. The van der Waals surface area contributed by atoms with Gasteiger partial charge < -0.3 is 4.74 Å². The van der Waals surface area contributed by atoms with Gasteiger partial charge in [-0.15, -0.1) is 0 Å². The van der Waals surface area contributed by atoms with Crippen molar-refractivity contribution in [3.63, 3.8) is 0 Å². The van der Waals surface area contributed by atoms with Crippen LogP contribution in [-0.4, -0.2) is 12.6 Å². The van der Waals surface area contributed by atoms with Crippen LogP contribution in [0.1, 0.15) is 46.0 Å². The highest BCUT2D eigenvalue weighted by Gasteiger charge is 1.97. The molecule has 0 atom stereocenters. The van der Waals surface area contributed by atoms with Crippen LogP contribution in [0.4, 0.5) is 0 Å². The number of ether oxygens (including phenoxy) is 1. The third kappa shape index (κ3) is 9.12. The molecule has 0 saturated carbocycles. The average molecular weight is 184 g/mol. The summed E-state index contributed by atoms with van der Waals surface area (Å²) in [5.74, 6) is -0.110. The molecule has 0 amide bonds. The standard InChI is InChI=1S/C11H20O2/c1-3-5-7-8-9-11(12)13-10-6-4-2/h7-8H,3-6,9-10H2,1-2H3/b8-7+. The van der Waals surface area contributed by atoms with Gasteiger partial charge in [-0.05, 0) is 12.8 Å². The highest BCUT2D eigenvalue weighted by molar-refractivity contribution is 5.71. The van der Waals surface area contributed by atoms with Crippen LogP contribution in [0.5, 0.6) is 0 Å². The smallest absolute Gasteiger partial charge is 0.309 e. The molecule has 0 rings (SSSR count). The second-order valence-electron chi connectivity index (χ2n) is 3.04. The van der Waals surface area contributed by atoms with Crippen molar-refractivity contribution in [2.75, 3.05) is 6.61 Å². The molecular formula is C11H20O2. The second kappa shape index (κ2) is 9.30. The first kappa shape index (κ1) is 12.2. The maximum absolute atomic E-state index is 11.0. The Bertz CT molecular complexity index is 150. The van der Waals surface area contributed by atoms with E-state index in [0.29, 0.717) is 13.0 Å². The number of hydrogen-bond acceptors (Lipinski definition) is 2. The zero-order valence-electron chi connectivity index (χ0n) is 8.71. The summed E-state index contributed by atoms with van der Waals surface area (Å²) in [6, 6.07) is 0. The Morgan fingerprint density at radius 1 is 1.23 bits per heavy atom. The fraction of sp³-hybridized carbons (Fsp3) is 0.727. The minimum Gasteiger partial charge on any atom is -0.465 e. The van der Waals surface area contributed by atoms with Crippen molar-refractivity contribution in [1.82, 2.24) is 0 Å². The van der Waals surface area contributed by atoms with Gasteiger partial charge in [0.1, 0.15) is 0 Å². The van der Waals surface area contributed by atoms with Crippen LogP contribution in [0, 0.1) is 0 Å². The molecule has 2 heteroatoms. The van der Waals surface area contributed by atoms with Crippen LogP contribution in [0.2, 0.25) is 0 Å². The fourth-order valence-electron chi connectivity index (χ4n) is 0.853. The van der Waals surface area contributed by atoms with E-state index >= 15 is 0 Å². The van der Waals surface area contributed by atoms with E-state index in [1.54, 1.807) is 0 Å². The second-order valence-corrected chi connectivity index (χ2v) is 3.04. The minimum absolute atomic E-state index is 0.110. The van der Waals surface area contributed by atoms with E-state index in [4.69, 9.17) is 4.74 Å². The Morgan fingerprint density at radius 2 is 2.00 bits per heavy atom. The lowest BCUT2D eigenvalue weighted by Crippen LogP contribution is -2.03. The monoisotopic (exact) mass is 184 g/mol. The molecule has 0 N–H and O–H groups in total. The van der Waals surface area contributed by atoms with E-state index in [1.807, 2.05) is 12.2 Å². The molecule has 0 aromatic heterocycles. The van der Waals surface area contributed by atoms with E-state index in [0.717, 1.165) is 25.7 Å². The fourth-order valence-corrected chi connectivity index (χ4v) is 0.853. The highest BCUT2D eigenvalue weighted by atomic mass is 16.5. The SMILES string of the molecule is CCC/C=C/CC(=O)OCCCC. The third-order valence-electron chi connectivity index (χ3n) is 1.67. The molecule has 0 fully saturated rings. The number of esters is 1. The van der Waals surface area contributed by atoms with Crippen LogP contribution < -0.4 is 0 Å². The summed E-state index contributed by atoms with van der Waals surface area (Å²) in [4.78, 5) is 11.0. The summed E-state index contributed by atoms with van der Waals surface area (Å²) >= 11 is 0. The van der Waals surface area contributed by atoms with Gasteiger partial charge in [-0.25, -0.2) is 0 Å². The summed E-state index contributed by atoms with van der Waals surface area (Å²) in [7, 11) is 0. The first-order valence-electron chi connectivity index (χ1n) is 5.11. The minimum atomic E-state index is -0.110. The molecule has 0 bridgehead atoms. The van der Waals surface area contributed by atoms with Crippen molar-refractivity contribution in [3.8, 4) is 0 Å². The Kier molecular flexibility index (Phi) is 8.73. The third-order valence-corrected chi connectivity index (χ3v) is 1.67. The molecule has 2 nitrogen and oxygen atoms in total. The summed E-state index contributed by atoms with van der Waals surface area (Å²) in [5.41, 5.74) is 0. The summed E-state index contributed by atoms with van der Waals surface area (Å²) in [5, 5.41) is 0. The lowest BCUT2D eigenvalue weighted by atomic mass is 10.3. The molecule has 0 saturated heterocycles. The zero-order chi connectivity index (χ0) is 9.94. The Hall–Kier alpha value is -0.790. The molecule has 0 heterocycles. The van der Waals surface area contributed by atoms with E-state index in [2.05, 4.69) is 13.8 Å². The summed E-state index contributed by atoms with van der Waals surface area (Å²) < 4.78 is 4.97. The van der Waals surface area contributed by atoms with E-state index in [1.165, 1.54) is 0 Å². The predicted octanol–water partition coefficient (Wildman–Crippen LogP) is 3.08. The number of unbranched alkanes of at least 4 members (excludes halogenated alkanes) is 2. The van der Waals surface area contributed by atoms with Gasteiger partial charge in [0.25, 0.3) is 0 Å². The maximum atomic E-state index is 11.0. The van der Waals surface area contributed by atoms with Gasteiger partial charge in [-0.2, -0.15) is 0 Å². The number of allylic oxidation sites excluding steroid dienone is 1. The van der Waals surface area contributed by atoms with Gasteiger partial charge in [0.05, 0.1) is 13.0 Å². The number of carbonyl (C=O) groups is 1. The van der Waals surface area contributed by atoms with Crippen molar-refractivity contribution < 1.29 is 9.53 Å². The predicted molar refractivity (Wildman–Crippen MR) is 54.5 cm³/mol. The van der Waals surface area contributed by atoms with Gasteiger partial charge in [-0.3, -0.25) is 4.79 Å². The van der Waals surface area contributed by atoms with E-state index < -0.39 is 0 Å². The van der Waals surface area contributed by atoms with Crippen molar-refractivity contribution in [3.05, 3.63) is 12.2 Å². The largest absolute Gasteiger partial charge is 0.465 e. The van der Waals surface area contributed by atoms with Gasteiger partial charge >= 0.3 is 5.97 Å². The van der Waals surface area contributed by atoms with Gasteiger partial charge in [-0.1, -0.05) is 38.8 Å².